The lowest BCUT2D eigenvalue weighted by atomic mass is 10.2. The van der Waals surface area contributed by atoms with E-state index in [0.29, 0.717) is 23.4 Å². The van der Waals surface area contributed by atoms with Gasteiger partial charge >= 0.3 is 0 Å². The summed E-state index contributed by atoms with van der Waals surface area (Å²) in [7, 11) is 0. The average molecular weight is 232 g/mol. The van der Waals surface area contributed by atoms with Gasteiger partial charge in [-0.1, -0.05) is 6.08 Å². The smallest absolute Gasteiger partial charge is 0.274 e. The Morgan fingerprint density at radius 2 is 2.12 bits per heavy atom. The van der Waals surface area contributed by atoms with Gasteiger partial charge in [-0.2, -0.15) is 0 Å². The highest BCUT2D eigenvalue weighted by molar-refractivity contribution is 5.90. The van der Waals surface area contributed by atoms with Gasteiger partial charge in [0.25, 0.3) is 11.1 Å². The van der Waals surface area contributed by atoms with Crippen molar-refractivity contribution in [1.29, 1.82) is 0 Å². The maximum Gasteiger partial charge on any atom is 0.274 e. The molecule has 6 heteroatoms. The van der Waals surface area contributed by atoms with Crippen molar-refractivity contribution in [3.63, 3.8) is 0 Å². The molecular weight excluding hydrogens is 220 g/mol. The summed E-state index contributed by atoms with van der Waals surface area (Å²) in [5.41, 5.74) is -0.0504. The second-order valence-electron chi connectivity index (χ2n) is 3.61. The number of H-pyrrole nitrogens is 2. The first kappa shape index (κ1) is 11.1. The van der Waals surface area contributed by atoms with E-state index < -0.39 is 0 Å². The van der Waals surface area contributed by atoms with Crippen LogP contribution in [0.15, 0.2) is 28.3 Å². The second-order valence-corrected chi connectivity index (χ2v) is 3.61. The van der Waals surface area contributed by atoms with Crippen LogP contribution in [0.2, 0.25) is 0 Å². The number of aromatic nitrogens is 3. The van der Waals surface area contributed by atoms with E-state index in [0.717, 1.165) is 0 Å². The van der Waals surface area contributed by atoms with Crippen LogP contribution in [0.3, 0.4) is 0 Å². The van der Waals surface area contributed by atoms with Crippen molar-refractivity contribution in [2.75, 3.05) is 11.9 Å². The summed E-state index contributed by atoms with van der Waals surface area (Å²) in [5.74, 6) is 0.396. The Balaban J connectivity index is 2.82. The van der Waals surface area contributed by atoms with Crippen molar-refractivity contribution < 1.29 is 0 Å². The minimum absolute atomic E-state index is 0.265. The number of hydrogen-bond acceptors (Lipinski definition) is 4. The molecule has 2 aromatic rings. The van der Waals surface area contributed by atoms with E-state index in [1.807, 2.05) is 0 Å². The summed E-state index contributed by atoms with van der Waals surface area (Å²) >= 11 is 0. The summed E-state index contributed by atoms with van der Waals surface area (Å²) in [6.07, 6.45) is 1.65. The number of rotatable bonds is 3. The molecule has 0 saturated heterocycles. The number of pyridine rings is 1. The average Bonchev–Trinajstić information content (AvgIpc) is 2.30. The van der Waals surface area contributed by atoms with Crippen LogP contribution >= 0.6 is 0 Å². The zero-order chi connectivity index (χ0) is 12.4. The van der Waals surface area contributed by atoms with Crippen LogP contribution in [0.1, 0.15) is 5.69 Å². The molecule has 88 valence electrons. The summed E-state index contributed by atoms with van der Waals surface area (Å²) in [5, 5.41) is 8.10. The van der Waals surface area contributed by atoms with Gasteiger partial charge in [-0.15, -0.1) is 6.58 Å². The highest BCUT2D eigenvalue weighted by Crippen LogP contribution is 2.15. The molecule has 0 fully saturated rings. The van der Waals surface area contributed by atoms with Crippen molar-refractivity contribution >= 4 is 16.6 Å². The molecule has 3 N–H and O–H groups in total. The minimum atomic E-state index is -0.376. The van der Waals surface area contributed by atoms with E-state index in [-0.39, 0.29) is 16.5 Å². The number of nitrogens with one attached hydrogen (secondary N) is 3. The molecular formula is C11H12N4O2. The maximum absolute atomic E-state index is 11.7. The third kappa shape index (κ3) is 1.96. The number of hydrogen-bond donors (Lipinski definition) is 3. The molecule has 0 bridgehead atoms. The Kier molecular flexibility index (Phi) is 2.78. The van der Waals surface area contributed by atoms with Crippen LogP contribution in [0.4, 0.5) is 5.82 Å². The second kappa shape index (κ2) is 4.25. The quantitative estimate of drug-likeness (QED) is 0.673. The number of anilines is 1. The molecule has 0 spiro atoms. The number of fused-ring (bicyclic) bond motifs is 1. The fraction of sp³-hybridized carbons (Fsp3) is 0.182. The van der Waals surface area contributed by atoms with Gasteiger partial charge in [-0.25, -0.2) is 4.98 Å². The Hall–Kier alpha value is -2.37. The summed E-state index contributed by atoms with van der Waals surface area (Å²) in [6, 6.07) is 1.59. The van der Waals surface area contributed by atoms with Crippen molar-refractivity contribution in [2.45, 2.75) is 6.92 Å². The molecule has 0 radical (unpaired) electrons. The molecule has 0 amide bonds. The van der Waals surface area contributed by atoms with E-state index in [4.69, 9.17) is 0 Å². The third-order valence-electron chi connectivity index (χ3n) is 2.32. The molecule has 2 rings (SSSR count). The largest absolute Gasteiger partial charge is 0.366 e. The summed E-state index contributed by atoms with van der Waals surface area (Å²) in [4.78, 5) is 27.5. The number of aromatic amines is 2. The van der Waals surface area contributed by atoms with Crippen molar-refractivity contribution in [1.82, 2.24) is 15.2 Å². The van der Waals surface area contributed by atoms with E-state index in [2.05, 4.69) is 27.1 Å². The van der Waals surface area contributed by atoms with Gasteiger partial charge in [0.05, 0.1) is 10.8 Å². The molecule has 17 heavy (non-hydrogen) atoms. The molecule has 0 aliphatic carbocycles. The van der Waals surface area contributed by atoms with E-state index in [1.165, 1.54) is 0 Å². The van der Waals surface area contributed by atoms with Gasteiger partial charge in [0, 0.05) is 12.2 Å². The van der Waals surface area contributed by atoms with Crippen molar-refractivity contribution in [3.05, 3.63) is 45.1 Å². The van der Waals surface area contributed by atoms with Gasteiger partial charge in [-0.3, -0.25) is 19.8 Å². The molecule has 6 nitrogen and oxygen atoms in total. The monoisotopic (exact) mass is 232 g/mol. The number of nitrogens with zero attached hydrogens (tertiary/aromatic N) is 1. The molecule has 0 aliphatic rings. The Morgan fingerprint density at radius 1 is 1.41 bits per heavy atom. The van der Waals surface area contributed by atoms with Gasteiger partial charge in [-0.05, 0) is 13.0 Å². The zero-order valence-corrected chi connectivity index (χ0v) is 9.33. The van der Waals surface area contributed by atoms with Crippen LogP contribution in [0.25, 0.3) is 10.8 Å². The molecule has 2 aromatic heterocycles. The Labute approximate surface area is 96.4 Å². The first-order chi connectivity index (χ1) is 8.13. The fourth-order valence-corrected chi connectivity index (χ4v) is 1.62. The molecule has 0 saturated carbocycles. The van der Waals surface area contributed by atoms with E-state index in [1.54, 1.807) is 19.1 Å². The first-order valence-corrected chi connectivity index (χ1v) is 5.10. The summed E-state index contributed by atoms with van der Waals surface area (Å²) < 4.78 is 0. The topological polar surface area (TPSA) is 90.6 Å². The lowest BCUT2D eigenvalue weighted by Crippen LogP contribution is -2.21. The summed E-state index contributed by atoms with van der Waals surface area (Å²) in [6.45, 7) is 5.81. The Morgan fingerprint density at radius 3 is 2.82 bits per heavy atom. The SMILES string of the molecule is C=CCNc1nc(C)cc2c(=O)[nH][nH]c(=O)c12. The zero-order valence-electron chi connectivity index (χ0n) is 9.33. The predicted molar refractivity (Wildman–Crippen MR) is 66.4 cm³/mol. The van der Waals surface area contributed by atoms with E-state index >= 15 is 0 Å². The van der Waals surface area contributed by atoms with Crippen LogP contribution < -0.4 is 16.4 Å². The molecule has 0 atom stereocenters. The fourth-order valence-electron chi connectivity index (χ4n) is 1.62. The molecule has 0 unspecified atom stereocenters. The lowest BCUT2D eigenvalue weighted by Gasteiger charge is -2.06. The molecule has 0 aliphatic heterocycles. The van der Waals surface area contributed by atoms with Crippen LogP contribution in [-0.4, -0.2) is 21.7 Å². The highest BCUT2D eigenvalue weighted by Gasteiger charge is 2.10. The van der Waals surface area contributed by atoms with E-state index in [9.17, 15) is 9.59 Å². The van der Waals surface area contributed by atoms with Gasteiger partial charge in [0.15, 0.2) is 0 Å². The van der Waals surface area contributed by atoms with Gasteiger partial charge in [0.2, 0.25) is 0 Å². The van der Waals surface area contributed by atoms with Crippen LogP contribution in [-0.2, 0) is 0 Å². The first-order valence-electron chi connectivity index (χ1n) is 5.10. The highest BCUT2D eigenvalue weighted by atomic mass is 16.1. The lowest BCUT2D eigenvalue weighted by molar-refractivity contribution is 0.972. The number of aryl methyl sites for hydroxylation is 1. The van der Waals surface area contributed by atoms with Crippen LogP contribution in [0.5, 0.6) is 0 Å². The molecule has 2 heterocycles. The van der Waals surface area contributed by atoms with Gasteiger partial charge in [0.1, 0.15) is 5.82 Å². The van der Waals surface area contributed by atoms with Crippen molar-refractivity contribution in [2.24, 2.45) is 0 Å². The van der Waals surface area contributed by atoms with Gasteiger partial charge < -0.3 is 5.32 Å². The molecule has 0 aromatic carbocycles. The predicted octanol–water partition coefficient (Wildman–Crippen LogP) is 0.518. The normalized spacial score (nSPS) is 10.4. The third-order valence-corrected chi connectivity index (χ3v) is 2.32. The van der Waals surface area contributed by atoms with Crippen molar-refractivity contribution in [3.8, 4) is 0 Å². The Bertz CT molecular complexity index is 684. The minimum Gasteiger partial charge on any atom is -0.366 e. The maximum atomic E-state index is 11.7. The standard InChI is InChI=1S/C11H12N4O2/c1-3-4-12-9-8-7(5-6(2)13-9)10(16)14-15-11(8)17/h3,5H,1,4H2,2H3,(H,12,13)(H,14,16)(H,15,17). The van der Waals surface area contributed by atoms with Crippen LogP contribution in [0, 0.1) is 6.92 Å².